The SMILES string of the molecule is COc1ccc(Nc2nncc(Nc3c(Cl)cccc3Cl)n2)c(OC)c1. The molecule has 0 unspecified atom stereocenters. The second kappa shape index (κ2) is 8.07. The van der Waals surface area contributed by atoms with E-state index in [1.165, 1.54) is 6.20 Å². The molecule has 0 aliphatic carbocycles. The van der Waals surface area contributed by atoms with Crippen molar-refractivity contribution in [3.05, 3.63) is 52.6 Å². The van der Waals surface area contributed by atoms with Crippen LogP contribution in [0.25, 0.3) is 0 Å². The maximum absolute atomic E-state index is 6.16. The summed E-state index contributed by atoms with van der Waals surface area (Å²) in [6.45, 7) is 0. The molecule has 0 bridgehead atoms. The van der Waals surface area contributed by atoms with E-state index in [9.17, 15) is 0 Å². The lowest BCUT2D eigenvalue weighted by atomic mass is 10.2. The Morgan fingerprint density at radius 1 is 0.962 bits per heavy atom. The van der Waals surface area contributed by atoms with Crippen LogP contribution in [0.4, 0.5) is 23.1 Å². The minimum Gasteiger partial charge on any atom is -0.497 e. The quantitative estimate of drug-likeness (QED) is 0.630. The molecule has 0 aliphatic rings. The van der Waals surface area contributed by atoms with Gasteiger partial charge in [0.15, 0.2) is 5.82 Å². The Hall–Kier alpha value is -2.77. The molecule has 0 aliphatic heterocycles. The highest BCUT2D eigenvalue weighted by molar-refractivity contribution is 6.39. The van der Waals surface area contributed by atoms with Crippen LogP contribution in [0.5, 0.6) is 11.5 Å². The number of methoxy groups -OCH3 is 2. The summed E-state index contributed by atoms with van der Waals surface area (Å²) in [6, 6.07) is 10.6. The molecule has 2 aromatic carbocycles. The summed E-state index contributed by atoms with van der Waals surface area (Å²) < 4.78 is 10.5. The van der Waals surface area contributed by atoms with Crippen LogP contribution in [-0.4, -0.2) is 29.4 Å². The van der Waals surface area contributed by atoms with Crippen LogP contribution in [0.15, 0.2) is 42.6 Å². The summed E-state index contributed by atoms with van der Waals surface area (Å²) in [6.07, 6.45) is 1.47. The molecule has 0 fully saturated rings. The normalized spacial score (nSPS) is 10.3. The fourth-order valence-electron chi connectivity index (χ4n) is 2.18. The van der Waals surface area contributed by atoms with Gasteiger partial charge in [0.05, 0.1) is 41.8 Å². The lowest BCUT2D eigenvalue weighted by Crippen LogP contribution is -2.04. The number of anilines is 4. The van der Waals surface area contributed by atoms with E-state index in [1.54, 1.807) is 50.6 Å². The summed E-state index contributed by atoms with van der Waals surface area (Å²) in [5, 5.41) is 15.0. The van der Waals surface area contributed by atoms with Crippen LogP contribution < -0.4 is 20.1 Å². The van der Waals surface area contributed by atoms with E-state index in [2.05, 4.69) is 25.8 Å². The zero-order valence-electron chi connectivity index (χ0n) is 14.0. The highest BCUT2D eigenvalue weighted by Gasteiger charge is 2.10. The molecule has 26 heavy (non-hydrogen) atoms. The van der Waals surface area contributed by atoms with Crippen LogP contribution in [0, 0.1) is 0 Å². The third-order valence-electron chi connectivity index (χ3n) is 3.43. The first-order valence-electron chi connectivity index (χ1n) is 7.50. The van der Waals surface area contributed by atoms with E-state index in [4.69, 9.17) is 32.7 Å². The number of nitrogens with one attached hydrogen (secondary N) is 2. The van der Waals surface area contributed by atoms with E-state index in [0.29, 0.717) is 38.7 Å². The van der Waals surface area contributed by atoms with E-state index in [1.807, 2.05) is 0 Å². The van der Waals surface area contributed by atoms with Gasteiger partial charge in [-0.25, -0.2) is 0 Å². The molecule has 3 aromatic rings. The Bertz CT molecular complexity index is 903. The average molecular weight is 392 g/mol. The molecule has 0 atom stereocenters. The molecule has 1 heterocycles. The minimum absolute atomic E-state index is 0.279. The molecular formula is C17H15Cl2N5O2. The molecule has 134 valence electrons. The predicted octanol–water partition coefficient (Wildman–Crippen LogP) is 4.68. The van der Waals surface area contributed by atoms with E-state index in [-0.39, 0.29) is 5.95 Å². The number of benzene rings is 2. The Labute approximate surface area is 160 Å². The maximum Gasteiger partial charge on any atom is 0.249 e. The van der Waals surface area contributed by atoms with Crippen molar-refractivity contribution < 1.29 is 9.47 Å². The van der Waals surface area contributed by atoms with Gasteiger partial charge in [0, 0.05) is 6.07 Å². The standard InChI is InChI=1S/C17H15Cl2N5O2/c1-25-10-6-7-13(14(8-10)26-2)21-17-23-15(9-20-24-17)22-16-11(18)4-3-5-12(16)19/h3-9H,1-2H3,(H2,21,22,23,24). The molecule has 7 nitrogen and oxygen atoms in total. The molecule has 2 N–H and O–H groups in total. The average Bonchev–Trinajstić information content (AvgIpc) is 2.65. The molecular weight excluding hydrogens is 377 g/mol. The first-order chi connectivity index (χ1) is 12.6. The number of ether oxygens (including phenoxy) is 2. The largest absolute Gasteiger partial charge is 0.497 e. The Morgan fingerprint density at radius 2 is 1.73 bits per heavy atom. The summed E-state index contributed by atoms with van der Waals surface area (Å²) in [5.41, 5.74) is 1.22. The van der Waals surface area contributed by atoms with Crippen molar-refractivity contribution in [2.24, 2.45) is 0 Å². The van der Waals surface area contributed by atoms with Gasteiger partial charge >= 0.3 is 0 Å². The maximum atomic E-state index is 6.16. The van der Waals surface area contributed by atoms with Crippen molar-refractivity contribution in [2.45, 2.75) is 0 Å². The number of rotatable bonds is 6. The number of nitrogens with zero attached hydrogens (tertiary/aromatic N) is 3. The molecule has 1 aromatic heterocycles. The third kappa shape index (κ3) is 4.07. The summed E-state index contributed by atoms with van der Waals surface area (Å²) in [5.74, 6) is 1.97. The van der Waals surface area contributed by atoms with Crippen LogP contribution in [-0.2, 0) is 0 Å². The van der Waals surface area contributed by atoms with Crippen molar-refractivity contribution in [3.63, 3.8) is 0 Å². The van der Waals surface area contributed by atoms with Gasteiger partial charge in [-0.3, -0.25) is 0 Å². The fourth-order valence-corrected chi connectivity index (χ4v) is 2.68. The smallest absolute Gasteiger partial charge is 0.249 e. The summed E-state index contributed by atoms with van der Waals surface area (Å²) in [4.78, 5) is 4.36. The van der Waals surface area contributed by atoms with Crippen molar-refractivity contribution >= 4 is 46.3 Å². The van der Waals surface area contributed by atoms with Gasteiger partial charge in [-0.1, -0.05) is 29.3 Å². The predicted molar refractivity (Wildman–Crippen MR) is 102 cm³/mol. The number of para-hydroxylation sites is 1. The minimum atomic E-state index is 0.279. The molecule has 0 saturated carbocycles. The molecule has 0 amide bonds. The first kappa shape index (κ1) is 18.0. The number of aromatic nitrogens is 3. The Kier molecular flexibility index (Phi) is 5.60. The highest BCUT2D eigenvalue weighted by Crippen LogP contribution is 2.33. The number of hydrogen-bond donors (Lipinski definition) is 2. The van der Waals surface area contributed by atoms with Crippen molar-refractivity contribution in [3.8, 4) is 11.5 Å². The first-order valence-corrected chi connectivity index (χ1v) is 8.26. The third-order valence-corrected chi connectivity index (χ3v) is 4.06. The number of hydrogen-bond acceptors (Lipinski definition) is 7. The lowest BCUT2D eigenvalue weighted by Gasteiger charge is -2.12. The van der Waals surface area contributed by atoms with Crippen molar-refractivity contribution in [2.75, 3.05) is 24.9 Å². The second-order valence-electron chi connectivity index (χ2n) is 5.08. The lowest BCUT2D eigenvalue weighted by molar-refractivity contribution is 0.395. The van der Waals surface area contributed by atoms with E-state index >= 15 is 0 Å². The van der Waals surface area contributed by atoms with Crippen LogP contribution >= 0.6 is 23.2 Å². The molecule has 3 rings (SSSR count). The topological polar surface area (TPSA) is 81.2 Å². The van der Waals surface area contributed by atoms with E-state index in [0.717, 1.165) is 0 Å². The monoisotopic (exact) mass is 391 g/mol. The molecule has 0 radical (unpaired) electrons. The number of halogens is 2. The van der Waals surface area contributed by atoms with Crippen LogP contribution in [0.2, 0.25) is 10.0 Å². The van der Waals surface area contributed by atoms with Gasteiger partial charge in [0.1, 0.15) is 11.5 Å². The van der Waals surface area contributed by atoms with Crippen molar-refractivity contribution in [1.29, 1.82) is 0 Å². The van der Waals surface area contributed by atoms with Gasteiger partial charge in [-0.05, 0) is 24.3 Å². The van der Waals surface area contributed by atoms with Crippen LogP contribution in [0.3, 0.4) is 0 Å². The Morgan fingerprint density at radius 3 is 2.42 bits per heavy atom. The zero-order chi connectivity index (χ0) is 18.5. The second-order valence-corrected chi connectivity index (χ2v) is 5.89. The van der Waals surface area contributed by atoms with E-state index < -0.39 is 0 Å². The Balaban J connectivity index is 1.84. The molecule has 0 spiro atoms. The highest BCUT2D eigenvalue weighted by atomic mass is 35.5. The van der Waals surface area contributed by atoms with Crippen LogP contribution in [0.1, 0.15) is 0 Å². The van der Waals surface area contributed by atoms with Crippen molar-refractivity contribution in [1.82, 2.24) is 15.2 Å². The van der Waals surface area contributed by atoms with Gasteiger partial charge in [-0.15, -0.1) is 5.10 Å². The zero-order valence-corrected chi connectivity index (χ0v) is 15.5. The van der Waals surface area contributed by atoms with Gasteiger partial charge < -0.3 is 20.1 Å². The summed E-state index contributed by atoms with van der Waals surface area (Å²) in [7, 11) is 3.15. The fraction of sp³-hybridized carbons (Fsp3) is 0.118. The van der Waals surface area contributed by atoms with Gasteiger partial charge in [0.25, 0.3) is 0 Å². The summed E-state index contributed by atoms with van der Waals surface area (Å²) >= 11 is 12.3. The van der Waals surface area contributed by atoms with Gasteiger partial charge in [-0.2, -0.15) is 10.1 Å². The van der Waals surface area contributed by atoms with Gasteiger partial charge in [0.2, 0.25) is 5.95 Å². The molecule has 0 saturated heterocycles. The molecule has 9 heteroatoms.